The Morgan fingerprint density at radius 3 is 2.56 bits per heavy atom. The molecule has 1 rings (SSSR count). The van der Waals surface area contributed by atoms with Gasteiger partial charge >= 0.3 is 0 Å². The van der Waals surface area contributed by atoms with E-state index in [-0.39, 0.29) is 16.4 Å². The van der Waals surface area contributed by atoms with Crippen LogP contribution in [0.2, 0.25) is 5.02 Å². The van der Waals surface area contributed by atoms with E-state index in [2.05, 4.69) is 20.8 Å². The van der Waals surface area contributed by atoms with Crippen LogP contribution in [0, 0.1) is 5.82 Å². The van der Waals surface area contributed by atoms with E-state index < -0.39 is 5.82 Å². The zero-order chi connectivity index (χ0) is 13.7. The van der Waals surface area contributed by atoms with E-state index in [1.165, 1.54) is 6.07 Å². The summed E-state index contributed by atoms with van der Waals surface area (Å²) >= 11 is 8.88. The summed E-state index contributed by atoms with van der Waals surface area (Å²) in [6.45, 7) is 6.47. The lowest BCUT2D eigenvalue weighted by Gasteiger charge is -2.17. The largest absolute Gasteiger partial charge is 0.303 e. The van der Waals surface area contributed by atoms with Crippen molar-refractivity contribution >= 4 is 33.3 Å². The first-order valence-electron chi connectivity index (χ1n) is 5.90. The van der Waals surface area contributed by atoms with Crippen molar-refractivity contribution in [2.45, 2.75) is 20.3 Å². The van der Waals surface area contributed by atoms with Gasteiger partial charge in [-0.25, -0.2) is 4.39 Å². The maximum Gasteiger partial charge on any atom is 0.167 e. The maximum atomic E-state index is 13.8. The molecule has 1 aromatic carbocycles. The maximum absolute atomic E-state index is 13.8. The third-order valence-electron chi connectivity index (χ3n) is 2.89. The highest BCUT2D eigenvalue weighted by Gasteiger charge is 2.16. The topological polar surface area (TPSA) is 20.3 Å². The number of hydrogen-bond acceptors (Lipinski definition) is 2. The number of halogens is 3. The fourth-order valence-corrected chi connectivity index (χ4v) is 2.15. The van der Waals surface area contributed by atoms with Crippen molar-refractivity contribution in [3.63, 3.8) is 0 Å². The van der Waals surface area contributed by atoms with Gasteiger partial charge in [-0.05, 0) is 41.2 Å². The minimum Gasteiger partial charge on any atom is -0.303 e. The highest BCUT2D eigenvalue weighted by molar-refractivity contribution is 9.10. The van der Waals surface area contributed by atoms with Gasteiger partial charge in [0.05, 0.1) is 10.6 Å². The Balaban J connectivity index is 2.76. The van der Waals surface area contributed by atoms with Crippen molar-refractivity contribution in [2.75, 3.05) is 19.6 Å². The lowest BCUT2D eigenvalue weighted by Crippen LogP contribution is -2.26. The molecule has 0 radical (unpaired) electrons. The Labute approximate surface area is 120 Å². The second-order valence-corrected chi connectivity index (χ2v) is 5.16. The van der Waals surface area contributed by atoms with Gasteiger partial charge in [0, 0.05) is 17.4 Å². The summed E-state index contributed by atoms with van der Waals surface area (Å²) in [6.07, 6.45) is 0.302. The lowest BCUT2D eigenvalue weighted by atomic mass is 10.1. The predicted molar refractivity (Wildman–Crippen MR) is 75.8 cm³/mol. The van der Waals surface area contributed by atoms with Gasteiger partial charge in [-0.15, -0.1) is 0 Å². The first-order valence-corrected chi connectivity index (χ1v) is 7.07. The van der Waals surface area contributed by atoms with Gasteiger partial charge in [0.25, 0.3) is 0 Å². The molecule has 0 saturated heterocycles. The van der Waals surface area contributed by atoms with Crippen LogP contribution >= 0.6 is 27.5 Å². The molecular formula is C13H16BrClFNO. The molecule has 0 aromatic heterocycles. The van der Waals surface area contributed by atoms with Crippen LogP contribution in [-0.4, -0.2) is 30.3 Å². The number of hydrogen-bond donors (Lipinski definition) is 0. The standard InChI is InChI=1S/C13H16BrClFNO/c1-3-17(4-2)8-7-11(18)9-5-6-10(14)12(15)13(9)16/h5-6H,3-4,7-8H2,1-2H3. The van der Waals surface area contributed by atoms with Gasteiger partial charge in [-0.1, -0.05) is 25.4 Å². The van der Waals surface area contributed by atoms with Gasteiger partial charge in [-0.3, -0.25) is 4.79 Å². The minimum atomic E-state index is -0.643. The first-order chi connectivity index (χ1) is 8.51. The molecule has 0 fully saturated rings. The number of benzene rings is 1. The van der Waals surface area contributed by atoms with Gasteiger partial charge in [-0.2, -0.15) is 0 Å². The fourth-order valence-electron chi connectivity index (χ4n) is 1.68. The second-order valence-electron chi connectivity index (χ2n) is 3.92. The summed E-state index contributed by atoms with van der Waals surface area (Å²) < 4.78 is 14.3. The Bertz CT molecular complexity index is 435. The molecule has 1 aromatic rings. The number of carbonyl (C=O) groups is 1. The fraction of sp³-hybridized carbons (Fsp3) is 0.462. The number of carbonyl (C=O) groups excluding carboxylic acids is 1. The van der Waals surface area contributed by atoms with Crippen molar-refractivity contribution < 1.29 is 9.18 Å². The van der Waals surface area contributed by atoms with Gasteiger partial charge in [0.1, 0.15) is 0 Å². The van der Waals surface area contributed by atoms with Crippen LogP contribution in [0.3, 0.4) is 0 Å². The second kappa shape index (κ2) is 7.22. The molecule has 18 heavy (non-hydrogen) atoms. The van der Waals surface area contributed by atoms with E-state index in [0.29, 0.717) is 17.4 Å². The molecule has 100 valence electrons. The monoisotopic (exact) mass is 335 g/mol. The van der Waals surface area contributed by atoms with Crippen LogP contribution in [0.5, 0.6) is 0 Å². The normalized spacial score (nSPS) is 11.0. The Morgan fingerprint density at radius 2 is 2.00 bits per heavy atom. The number of rotatable bonds is 6. The van der Waals surface area contributed by atoms with Crippen molar-refractivity contribution in [3.05, 3.63) is 33.0 Å². The van der Waals surface area contributed by atoms with E-state index in [9.17, 15) is 9.18 Å². The van der Waals surface area contributed by atoms with Gasteiger partial charge in [0.2, 0.25) is 0 Å². The summed E-state index contributed by atoms with van der Waals surface area (Å²) in [6, 6.07) is 3.06. The highest BCUT2D eigenvalue weighted by Crippen LogP contribution is 2.28. The predicted octanol–water partition coefficient (Wildman–Crippen LogP) is 4.16. The molecule has 0 atom stereocenters. The summed E-state index contributed by atoms with van der Waals surface area (Å²) in [4.78, 5) is 14.0. The molecule has 5 heteroatoms. The number of Topliss-reactive ketones (excluding diaryl/α,β-unsaturated/α-hetero) is 1. The Hall–Kier alpha value is -0.450. The highest BCUT2D eigenvalue weighted by atomic mass is 79.9. The summed E-state index contributed by atoms with van der Waals surface area (Å²) in [5.74, 6) is -0.857. The molecule has 0 aliphatic heterocycles. The van der Waals surface area contributed by atoms with E-state index in [1.54, 1.807) is 6.07 Å². The third-order valence-corrected chi connectivity index (χ3v) is 4.14. The molecular weight excluding hydrogens is 321 g/mol. The number of nitrogens with zero attached hydrogens (tertiary/aromatic N) is 1. The summed E-state index contributed by atoms with van der Waals surface area (Å²) in [7, 11) is 0. The van der Waals surface area contributed by atoms with Crippen LogP contribution in [0.15, 0.2) is 16.6 Å². The summed E-state index contributed by atoms with van der Waals surface area (Å²) in [5.41, 5.74) is 0.0651. The lowest BCUT2D eigenvalue weighted by molar-refractivity contribution is 0.0962. The molecule has 2 nitrogen and oxygen atoms in total. The molecule has 0 amide bonds. The van der Waals surface area contributed by atoms with Crippen LogP contribution in [0.1, 0.15) is 30.6 Å². The van der Waals surface area contributed by atoms with Crippen LogP contribution in [0.25, 0.3) is 0 Å². The van der Waals surface area contributed by atoms with E-state index >= 15 is 0 Å². The average molecular weight is 337 g/mol. The molecule has 0 heterocycles. The van der Waals surface area contributed by atoms with Crippen molar-refractivity contribution in [1.82, 2.24) is 4.90 Å². The van der Waals surface area contributed by atoms with Crippen molar-refractivity contribution in [1.29, 1.82) is 0 Å². The van der Waals surface area contributed by atoms with E-state index in [4.69, 9.17) is 11.6 Å². The summed E-state index contributed by atoms with van der Waals surface area (Å²) in [5, 5.41) is -0.0383. The van der Waals surface area contributed by atoms with Crippen molar-refractivity contribution in [3.8, 4) is 0 Å². The molecule has 0 saturated carbocycles. The Morgan fingerprint density at radius 1 is 1.39 bits per heavy atom. The minimum absolute atomic E-state index is 0.0383. The smallest absolute Gasteiger partial charge is 0.167 e. The molecule has 0 N–H and O–H groups in total. The van der Waals surface area contributed by atoms with Crippen molar-refractivity contribution in [2.24, 2.45) is 0 Å². The zero-order valence-corrected chi connectivity index (χ0v) is 12.8. The van der Waals surface area contributed by atoms with Crippen LogP contribution < -0.4 is 0 Å². The third kappa shape index (κ3) is 3.77. The SMILES string of the molecule is CCN(CC)CCC(=O)c1ccc(Br)c(Cl)c1F. The van der Waals surface area contributed by atoms with E-state index in [1.807, 2.05) is 13.8 Å². The van der Waals surface area contributed by atoms with Crippen LogP contribution in [-0.2, 0) is 0 Å². The molecule has 0 unspecified atom stereocenters. The first kappa shape index (κ1) is 15.6. The quantitative estimate of drug-likeness (QED) is 0.574. The molecule has 0 spiro atoms. The molecule has 0 aliphatic rings. The van der Waals surface area contributed by atoms with Crippen LogP contribution in [0.4, 0.5) is 4.39 Å². The van der Waals surface area contributed by atoms with E-state index in [0.717, 1.165) is 13.1 Å². The van der Waals surface area contributed by atoms with Gasteiger partial charge in [0.15, 0.2) is 11.6 Å². The zero-order valence-electron chi connectivity index (χ0n) is 10.5. The van der Waals surface area contributed by atoms with Gasteiger partial charge < -0.3 is 4.90 Å². The Kier molecular flexibility index (Phi) is 6.26. The molecule has 0 bridgehead atoms. The number of ketones is 1. The average Bonchev–Trinajstić information content (AvgIpc) is 2.37. The molecule has 0 aliphatic carbocycles.